The molecule has 1 unspecified atom stereocenters. The third-order valence-electron chi connectivity index (χ3n) is 6.32. The Balaban J connectivity index is 1.69. The molecule has 1 N–H and O–H groups in total. The van der Waals surface area contributed by atoms with Gasteiger partial charge in [-0.3, -0.25) is 4.57 Å². The first kappa shape index (κ1) is 27.7. The number of aliphatic hydroxyl groups is 1. The Bertz CT molecular complexity index is 1040. The van der Waals surface area contributed by atoms with Crippen molar-refractivity contribution in [2.45, 2.75) is 64.1 Å². The molecule has 6 nitrogen and oxygen atoms in total. The molecule has 0 amide bonds. The van der Waals surface area contributed by atoms with E-state index in [0.29, 0.717) is 0 Å². The van der Waals surface area contributed by atoms with Crippen LogP contribution in [0.15, 0.2) is 91.0 Å². The number of ether oxygens (including phenoxy) is 2. The first-order valence-corrected chi connectivity index (χ1v) is 14.5. The number of hydrogen-bond donors (Lipinski definition) is 1. The average molecular weight is 525 g/mol. The van der Waals surface area contributed by atoms with Crippen molar-refractivity contribution in [2.24, 2.45) is 5.92 Å². The smallest absolute Gasteiger partial charge is 0.359 e. The van der Waals surface area contributed by atoms with Crippen LogP contribution in [0.3, 0.4) is 0 Å². The number of aliphatic hydroxyl groups excluding tert-OH is 1. The third kappa shape index (κ3) is 6.23. The summed E-state index contributed by atoms with van der Waals surface area (Å²) in [7, 11) is -3.57. The maximum absolute atomic E-state index is 13.7. The summed E-state index contributed by atoms with van der Waals surface area (Å²) >= 11 is 0. The van der Waals surface area contributed by atoms with Crippen molar-refractivity contribution in [3.05, 3.63) is 108 Å². The molecular formula is C30H37O6P. The normalized spacial score (nSPS) is 19.4. The lowest BCUT2D eigenvalue weighted by Crippen LogP contribution is -2.40. The van der Waals surface area contributed by atoms with Crippen LogP contribution in [-0.4, -0.2) is 36.1 Å². The van der Waals surface area contributed by atoms with Gasteiger partial charge in [-0.15, -0.1) is 0 Å². The van der Waals surface area contributed by atoms with E-state index >= 15 is 0 Å². The van der Waals surface area contributed by atoms with Crippen molar-refractivity contribution in [3.8, 4) is 0 Å². The number of rotatable bonds is 11. The number of hydrogen-bond acceptors (Lipinski definition) is 6. The van der Waals surface area contributed by atoms with Gasteiger partial charge in [0.15, 0.2) is 12.1 Å². The highest BCUT2D eigenvalue weighted by Crippen LogP contribution is 2.59. The molecule has 37 heavy (non-hydrogen) atoms. The molecule has 1 heterocycles. The highest BCUT2D eigenvalue weighted by atomic mass is 31.2. The molecular weight excluding hydrogens is 487 g/mol. The van der Waals surface area contributed by atoms with Gasteiger partial charge in [0.05, 0.1) is 18.8 Å². The van der Waals surface area contributed by atoms with Crippen LogP contribution in [0.2, 0.25) is 0 Å². The zero-order valence-corrected chi connectivity index (χ0v) is 22.8. The Morgan fingerprint density at radius 2 is 1.19 bits per heavy atom. The Kier molecular flexibility index (Phi) is 9.02. The summed E-state index contributed by atoms with van der Waals surface area (Å²) in [6.45, 7) is 7.43. The van der Waals surface area contributed by atoms with E-state index in [0.717, 1.165) is 16.7 Å². The second-order valence-corrected chi connectivity index (χ2v) is 12.0. The fraction of sp³-hybridized carbons (Fsp3) is 0.400. The van der Waals surface area contributed by atoms with E-state index in [1.165, 1.54) is 0 Å². The lowest BCUT2D eigenvalue weighted by molar-refractivity contribution is -0.185. The van der Waals surface area contributed by atoms with E-state index in [2.05, 4.69) is 0 Å². The van der Waals surface area contributed by atoms with Crippen LogP contribution in [0.1, 0.15) is 50.8 Å². The maximum atomic E-state index is 13.7. The van der Waals surface area contributed by atoms with Crippen molar-refractivity contribution in [2.75, 3.05) is 6.61 Å². The minimum atomic E-state index is -3.57. The van der Waals surface area contributed by atoms with Crippen molar-refractivity contribution in [3.63, 3.8) is 0 Å². The molecule has 0 aromatic heterocycles. The molecule has 1 aliphatic rings. The van der Waals surface area contributed by atoms with Crippen molar-refractivity contribution in [1.29, 1.82) is 0 Å². The largest absolute Gasteiger partial charge is 0.368 e. The van der Waals surface area contributed by atoms with Gasteiger partial charge in [-0.25, -0.2) is 0 Å². The molecule has 3 atom stereocenters. The summed E-state index contributed by atoms with van der Waals surface area (Å²) in [5.41, 5.74) is 1.59. The zero-order chi connectivity index (χ0) is 26.5. The van der Waals surface area contributed by atoms with Gasteiger partial charge in [0, 0.05) is 5.92 Å². The molecule has 198 valence electrons. The van der Waals surface area contributed by atoms with Gasteiger partial charge in [0.1, 0.15) is 5.60 Å². The third-order valence-corrected chi connectivity index (χ3v) is 8.81. The molecule has 4 rings (SSSR count). The monoisotopic (exact) mass is 524 g/mol. The molecule has 0 radical (unpaired) electrons. The minimum absolute atomic E-state index is 0.174. The zero-order valence-electron chi connectivity index (χ0n) is 21.9. The fourth-order valence-corrected chi connectivity index (χ4v) is 7.09. The van der Waals surface area contributed by atoms with E-state index in [-0.39, 0.29) is 25.2 Å². The summed E-state index contributed by atoms with van der Waals surface area (Å²) < 4.78 is 37.8. The average Bonchev–Trinajstić information content (AvgIpc) is 3.40. The predicted molar refractivity (Wildman–Crippen MR) is 144 cm³/mol. The molecule has 0 saturated carbocycles. The van der Waals surface area contributed by atoms with E-state index in [4.69, 9.17) is 18.5 Å². The predicted octanol–water partition coefficient (Wildman–Crippen LogP) is 6.72. The van der Waals surface area contributed by atoms with E-state index in [9.17, 15) is 9.67 Å². The van der Waals surface area contributed by atoms with Gasteiger partial charge >= 0.3 is 7.60 Å². The Morgan fingerprint density at radius 1 is 0.784 bits per heavy atom. The molecule has 0 aliphatic carbocycles. The molecule has 0 bridgehead atoms. The van der Waals surface area contributed by atoms with Crippen molar-refractivity contribution < 1.29 is 28.2 Å². The SMILES string of the molecule is CC(C)OP(=O)(OC(C)C)[C@H]1C[C@H](C(O)OC(c2ccccc2)(c2ccccc2)c2ccccc2)CO1. The van der Waals surface area contributed by atoms with Gasteiger partial charge in [-0.2, -0.15) is 0 Å². The summed E-state index contributed by atoms with van der Waals surface area (Å²) in [6.07, 6.45) is -1.52. The van der Waals surface area contributed by atoms with E-state index < -0.39 is 31.2 Å². The highest BCUT2D eigenvalue weighted by Gasteiger charge is 2.48. The molecule has 1 fully saturated rings. The van der Waals surface area contributed by atoms with Crippen LogP contribution in [0.5, 0.6) is 0 Å². The summed E-state index contributed by atoms with van der Waals surface area (Å²) in [5, 5.41) is 11.5. The van der Waals surface area contributed by atoms with Gasteiger partial charge in [-0.1, -0.05) is 91.0 Å². The van der Waals surface area contributed by atoms with Crippen LogP contribution in [0, 0.1) is 5.92 Å². The first-order chi connectivity index (χ1) is 17.7. The molecule has 0 spiro atoms. The molecule has 3 aromatic carbocycles. The Morgan fingerprint density at radius 3 is 1.57 bits per heavy atom. The van der Waals surface area contributed by atoms with Crippen molar-refractivity contribution >= 4 is 7.60 Å². The van der Waals surface area contributed by atoms with E-state index in [1.807, 2.05) is 119 Å². The van der Waals surface area contributed by atoms with E-state index in [1.54, 1.807) is 0 Å². The highest BCUT2D eigenvalue weighted by molar-refractivity contribution is 7.54. The van der Waals surface area contributed by atoms with Crippen LogP contribution in [0.4, 0.5) is 0 Å². The summed E-state index contributed by atoms with van der Waals surface area (Å²) in [5.74, 6) is -1.21. The lowest BCUT2D eigenvalue weighted by atomic mass is 9.80. The molecule has 1 aliphatic heterocycles. The minimum Gasteiger partial charge on any atom is -0.368 e. The van der Waals surface area contributed by atoms with Gasteiger partial charge in [0.2, 0.25) is 0 Å². The maximum Gasteiger partial charge on any atom is 0.359 e. The Hall–Kier alpha value is -2.31. The van der Waals surface area contributed by atoms with Crippen LogP contribution in [0.25, 0.3) is 0 Å². The van der Waals surface area contributed by atoms with Crippen LogP contribution >= 0.6 is 7.60 Å². The van der Waals surface area contributed by atoms with Crippen LogP contribution in [-0.2, 0) is 28.7 Å². The molecule has 3 aromatic rings. The van der Waals surface area contributed by atoms with Gasteiger partial charge < -0.3 is 23.6 Å². The Labute approximate surface area is 220 Å². The standard InChI is InChI=1S/C30H37O6P/c1-22(2)35-37(32,36-23(3)4)28-20-24(21-33-28)29(31)34-30(25-14-8-5-9-15-25,26-16-10-6-11-17-26)27-18-12-7-13-19-27/h5-19,22-24,28-29,31H,20-21H2,1-4H3/t24-,28-,29?/m0/s1. The van der Waals surface area contributed by atoms with Crippen LogP contribution < -0.4 is 0 Å². The van der Waals surface area contributed by atoms with Crippen molar-refractivity contribution in [1.82, 2.24) is 0 Å². The topological polar surface area (TPSA) is 74.2 Å². The van der Waals surface area contributed by atoms with Gasteiger partial charge in [-0.05, 0) is 50.8 Å². The fourth-order valence-electron chi connectivity index (χ4n) is 4.80. The molecule has 1 saturated heterocycles. The van der Waals surface area contributed by atoms with Gasteiger partial charge in [0.25, 0.3) is 0 Å². The second-order valence-electron chi connectivity index (χ2n) is 9.92. The number of benzene rings is 3. The summed E-state index contributed by atoms with van der Waals surface area (Å²) in [4.78, 5) is 0. The molecule has 7 heteroatoms. The second kappa shape index (κ2) is 12.0. The lowest BCUT2D eigenvalue weighted by Gasteiger charge is -2.38. The summed E-state index contributed by atoms with van der Waals surface area (Å²) in [6, 6.07) is 29.6. The first-order valence-electron chi connectivity index (χ1n) is 12.8. The quantitative estimate of drug-likeness (QED) is 0.171.